The highest BCUT2D eigenvalue weighted by atomic mass is 35.5. The van der Waals surface area contributed by atoms with Gasteiger partial charge < -0.3 is 14.8 Å². The van der Waals surface area contributed by atoms with E-state index < -0.39 is 5.60 Å². The number of amides is 1. The van der Waals surface area contributed by atoms with Crippen LogP contribution in [0.5, 0.6) is 5.75 Å². The summed E-state index contributed by atoms with van der Waals surface area (Å²) in [7, 11) is 0. The average Bonchev–Trinajstić information content (AvgIpc) is 3.07. The van der Waals surface area contributed by atoms with Gasteiger partial charge in [0.25, 0.3) is 5.91 Å². The van der Waals surface area contributed by atoms with E-state index in [1.165, 1.54) is 5.56 Å². The summed E-state index contributed by atoms with van der Waals surface area (Å²) < 4.78 is 11.7. The number of nitrogens with one attached hydrogen (secondary N) is 1. The van der Waals surface area contributed by atoms with Gasteiger partial charge in [0.15, 0.2) is 5.60 Å². The first-order chi connectivity index (χ1) is 13.3. The zero-order valence-electron chi connectivity index (χ0n) is 16.8. The Balaban J connectivity index is 1.65. The number of carbonyl (C=O) groups is 1. The number of nitrogens with zero attached hydrogens (tertiary/aromatic N) is 1. The van der Waals surface area contributed by atoms with E-state index in [4.69, 9.17) is 21.1 Å². The molecule has 1 aromatic carbocycles. The maximum absolute atomic E-state index is 12.9. The highest BCUT2D eigenvalue weighted by Gasteiger charge is 2.36. The minimum atomic E-state index is -1.02. The second kappa shape index (κ2) is 8.50. The van der Waals surface area contributed by atoms with Crippen molar-refractivity contribution >= 4 is 17.5 Å². The molecule has 0 saturated carbocycles. The number of aryl methyl sites for hydroxylation is 2. The summed E-state index contributed by atoms with van der Waals surface area (Å²) in [5.74, 6) is 0.700. The van der Waals surface area contributed by atoms with E-state index in [0.29, 0.717) is 19.0 Å². The first kappa shape index (κ1) is 20.6. The lowest BCUT2D eigenvalue weighted by Crippen LogP contribution is -2.52. The standard InChI is InChI=1S/C22H27ClN2O3/c1-14-9-18(10-15(2)20(14)23)28-22(3,4)21(26)25-19-13-27-12-17(19)11-16-5-7-24-8-6-16/h5-10,17,19H,11-13H2,1-4H3,(H,25,26)/t17-,19-/m1/s1. The lowest BCUT2D eigenvalue weighted by atomic mass is 9.94. The quantitative estimate of drug-likeness (QED) is 0.796. The molecule has 0 aliphatic carbocycles. The van der Waals surface area contributed by atoms with Crippen LogP contribution in [0.15, 0.2) is 36.7 Å². The Hall–Kier alpha value is -2.11. The lowest BCUT2D eigenvalue weighted by molar-refractivity contribution is -0.135. The topological polar surface area (TPSA) is 60.5 Å². The first-order valence-corrected chi connectivity index (χ1v) is 9.87. The molecule has 150 valence electrons. The molecule has 6 heteroatoms. The fraction of sp³-hybridized carbons (Fsp3) is 0.455. The molecule has 1 saturated heterocycles. The minimum absolute atomic E-state index is 0.0442. The van der Waals surface area contributed by atoms with Gasteiger partial charge in [0, 0.05) is 23.3 Å². The van der Waals surface area contributed by atoms with Crippen molar-refractivity contribution in [1.82, 2.24) is 10.3 Å². The van der Waals surface area contributed by atoms with Crippen LogP contribution in [-0.2, 0) is 16.0 Å². The Labute approximate surface area is 171 Å². The lowest BCUT2D eigenvalue weighted by Gasteiger charge is -2.29. The second-order valence-electron chi connectivity index (χ2n) is 7.92. The van der Waals surface area contributed by atoms with Crippen molar-refractivity contribution in [3.8, 4) is 5.75 Å². The molecule has 1 aliphatic rings. The van der Waals surface area contributed by atoms with Crippen LogP contribution in [0.3, 0.4) is 0 Å². The monoisotopic (exact) mass is 402 g/mol. The summed E-state index contributed by atoms with van der Waals surface area (Å²) in [6.45, 7) is 8.54. The summed E-state index contributed by atoms with van der Waals surface area (Å²) in [6, 6.07) is 7.66. The maximum Gasteiger partial charge on any atom is 0.263 e. The van der Waals surface area contributed by atoms with Gasteiger partial charge in [-0.25, -0.2) is 0 Å². The van der Waals surface area contributed by atoms with Crippen molar-refractivity contribution in [3.05, 3.63) is 58.4 Å². The van der Waals surface area contributed by atoms with Gasteiger partial charge in [-0.1, -0.05) is 11.6 Å². The molecule has 2 heterocycles. The predicted molar refractivity (Wildman–Crippen MR) is 110 cm³/mol. The highest BCUT2D eigenvalue weighted by Crippen LogP contribution is 2.28. The van der Waals surface area contributed by atoms with Gasteiger partial charge in [-0.2, -0.15) is 0 Å². The van der Waals surface area contributed by atoms with Crippen molar-refractivity contribution < 1.29 is 14.3 Å². The average molecular weight is 403 g/mol. The summed E-state index contributed by atoms with van der Waals surface area (Å²) >= 11 is 6.23. The molecule has 0 bridgehead atoms. The number of carbonyl (C=O) groups excluding carboxylic acids is 1. The fourth-order valence-corrected chi connectivity index (χ4v) is 3.54. The predicted octanol–water partition coefficient (Wildman–Crippen LogP) is 3.88. The summed E-state index contributed by atoms with van der Waals surface area (Å²) in [4.78, 5) is 17.0. The summed E-state index contributed by atoms with van der Waals surface area (Å²) in [5.41, 5.74) is 2.02. The van der Waals surface area contributed by atoms with Crippen molar-refractivity contribution in [2.24, 2.45) is 5.92 Å². The molecule has 5 nitrogen and oxygen atoms in total. The third-order valence-corrected chi connectivity index (χ3v) is 5.69. The third kappa shape index (κ3) is 4.83. The normalized spacial score (nSPS) is 19.5. The molecule has 28 heavy (non-hydrogen) atoms. The molecule has 0 spiro atoms. The van der Waals surface area contributed by atoms with E-state index in [1.807, 2.05) is 38.1 Å². The van der Waals surface area contributed by atoms with Crippen LogP contribution in [-0.4, -0.2) is 35.7 Å². The molecule has 2 atom stereocenters. The molecule has 1 aliphatic heterocycles. The van der Waals surface area contributed by atoms with Crippen LogP contribution in [0.1, 0.15) is 30.5 Å². The van der Waals surface area contributed by atoms with E-state index in [1.54, 1.807) is 26.2 Å². The molecule has 2 aromatic rings. The Morgan fingerprint density at radius 3 is 2.54 bits per heavy atom. The Bertz CT molecular complexity index is 816. The van der Waals surface area contributed by atoms with Gasteiger partial charge in [-0.15, -0.1) is 0 Å². The largest absolute Gasteiger partial charge is 0.478 e. The van der Waals surface area contributed by atoms with Crippen LogP contribution in [0, 0.1) is 19.8 Å². The van der Waals surface area contributed by atoms with E-state index >= 15 is 0 Å². The molecule has 1 aromatic heterocycles. The number of aromatic nitrogens is 1. The molecule has 0 unspecified atom stereocenters. The number of rotatable bonds is 6. The number of halogens is 1. The van der Waals surface area contributed by atoms with Gasteiger partial charge in [0.2, 0.25) is 0 Å². The van der Waals surface area contributed by atoms with E-state index in [9.17, 15) is 4.79 Å². The maximum atomic E-state index is 12.9. The van der Waals surface area contributed by atoms with Crippen molar-refractivity contribution in [2.75, 3.05) is 13.2 Å². The highest BCUT2D eigenvalue weighted by molar-refractivity contribution is 6.32. The Morgan fingerprint density at radius 1 is 1.25 bits per heavy atom. The van der Waals surface area contributed by atoms with E-state index in [0.717, 1.165) is 22.6 Å². The number of benzene rings is 1. The van der Waals surface area contributed by atoms with Crippen LogP contribution < -0.4 is 10.1 Å². The number of hydrogen-bond acceptors (Lipinski definition) is 4. The van der Waals surface area contributed by atoms with E-state index in [-0.39, 0.29) is 17.9 Å². The number of ether oxygens (including phenoxy) is 2. The van der Waals surface area contributed by atoms with Gasteiger partial charge >= 0.3 is 0 Å². The van der Waals surface area contributed by atoms with Crippen molar-refractivity contribution in [3.63, 3.8) is 0 Å². The van der Waals surface area contributed by atoms with Crippen LogP contribution in [0.25, 0.3) is 0 Å². The summed E-state index contributed by atoms with van der Waals surface area (Å²) in [5, 5.41) is 3.84. The Kier molecular flexibility index (Phi) is 6.26. The first-order valence-electron chi connectivity index (χ1n) is 9.49. The molecule has 3 rings (SSSR count). The number of hydrogen-bond donors (Lipinski definition) is 1. The van der Waals surface area contributed by atoms with E-state index in [2.05, 4.69) is 10.3 Å². The molecular formula is C22H27ClN2O3. The molecule has 0 radical (unpaired) electrons. The van der Waals surface area contributed by atoms with Crippen molar-refractivity contribution in [2.45, 2.75) is 45.8 Å². The van der Waals surface area contributed by atoms with Crippen LogP contribution >= 0.6 is 11.6 Å². The zero-order chi connectivity index (χ0) is 20.3. The minimum Gasteiger partial charge on any atom is -0.478 e. The molecule has 1 amide bonds. The fourth-order valence-electron chi connectivity index (χ4n) is 3.43. The van der Waals surface area contributed by atoms with Crippen LogP contribution in [0.4, 0.5) is 0 Å². The van der Waals surface area contributed by atoms with Gasteiger partial charge in [-0.3, -0.25) is 9.78 Å². The third-order valence-electron chi connectivity index (χ3n) is 5.09. The van der Waals surface area contributed by atoms with Gasteiger partial charge in [0.05, 0.1) is 19.3 Å². The SMILES string of the molecule is Cc1cc(OC(C)(C)C(=O)N[C@@H]2COC[C@H]2Cc2ccncc2)cc(C)c1Cl. The Morgan fingerprint density at radius 2 is 1.89 bits per heavy atom. The second-order valence-corrected chi connectivity index (χ2v) is 8.30. The van der Waals surface area contributed by atoms with Gasteiger partial charge in [0.1, 0.15) is 5.75 Å². The van der Waals surface area contributed by atoms with Crippen molar-refractivity contribution in [1.29, 1.82) is 0 Å². The number of pyridine rings is 1. The zero-order valence-corrected chi connectivity index (χ0v) is 17.5. The smallest absolute Gasteiger partial charge is 0.263 e. The summed E-state index contributed by atoms with van der Waals surface area (Å²) in [6.07, 6.45) is 4.40. The molecule has 1 N–H and O–H groups in total. The molecule has 1 fully saturated rings. The molecular weight excluding hydrogens is 376 g/mol. The van der Waals surface area contributed by atoms with Crippen LogP contribution in [0.2, 0.25) is 5.02 Å². The van der Waals surface area contributed by atoms with Gasteiger partial charge in [-0.05, 0) is 75.1 Å².